The minimum absolute atomic E-state index is 0.00774. The maximum atomic E-state index is 12.8. The zero-order chi connectivity index (χ0) is 21.6. The van der Waals surface area contributed by atoms with E-state index in [2.05, 4.69) is 5.32 Å². The summed E-state index contributed by atoms with van der Waals surface area (Å²) in [5, 5.41) is 2.84. The van der Waals surface area contributed by atoms with Crippen molar-refractivity contribution in [2.75, 3.05) is 53.4 Å². The number of piperazine rings is 1. The lowest BCUT2D eigenvalue weighted by Gasteiger charge is -2.34. The highest BCUT2D eigenvalue weighted by atomic mass is 35.5. The first-order valence-corrected chi connectivity index (χ1v) is 11.1. The van der Waals surface area contributed by atoms with E-state index in [0.29, 0.717) is 43.7 Å². The summed E-state index contributed by atoms with van der Waals surface area (Å²) in [4.78, 5) is 32.9. The summed E-state index contributed by atoms with van der Waals surface area (Å²) in [6.45, 7) is 4.97. The average Bonchev–Trinajstić information content (AvgIpc) is 2.71. The second-order valence-electron chi connectivity index (χ2n) is 6.66. The summed E-state index contributed by atoms with van der Waals surface area (Å²) in [6, 6.07) is 4.15. The van der Waals surface area contributed by atoms with Crippen molar-refractivity contribution in [1.82, 2.24) is 19.6 Å². The largest absolute Gasteiger partial charge is 0.355 e. The molecule has 1 saturated heterocycles. The summed E-state index contributed by atoms with van der Waals surface area (Å²) in [7, 11) is -1.51. The molecule has 2 rings (SSSR count). The van der Waals surface area contributed by atoms with Gasteiger partial charge in [-0.05, 0) is 24.6 Å². The van der Waals surface area contributed by atoms with Crippen LogP contribution in [0.4, 0.5) is 0 Å². The third-order valence-corrected chi connectivity index (χ3v) is 6.81. The van der Waals surface area contributed by atoms with Gasteiger partial charge in [-0.15, -0.1) is 0 Å². The monoisotopic (exact) mass is 446 g/mol. The molecule has 0 aliphatic carbocycles. The fourth-order valence-electron chi connectivity index (χ4n) is 2.89. The van der Waals surface area contributed by atoms with Crippen LogP contribution in [0.2, 0.25) is 5.02 Å². The van der Waals surface area contributed by atoms with Gasteiger partial charge in [0.2, 0.25) is 5.91 Å². The van der Waals surface area contributed by atoms with E-state index in [-0.39, 0.29) is 27.3 Å². The van der Waals surface area contributed by atoms with Crippen LogP contribution in [0.15, 0.2) is 23.1 Å². The molecule has 0 spiro atoms. The number of rotatable bonds is 8. The van der Waals surface area contributed by atoms with Gasteiger partial charge in [0, 0.05) is 45.3 Å². The number of amides is 2. The van der Waals surface area contributed by atoms with E-state index in [1.165, 1.54) is 32.4 Å². The first-order chi connectivity index (χ1) is 13.7. The lowest BCUT2D eigenvalue weighted by atomic mass is 10.2. The molecule has 0 radical (unpaired) electrons. The van der Waals surface area contributed by atoms with Crippen molar-refractivity contribution < 1.29 is 22.8 Å². The van der Waals surface area contributed by atoms with Gasteiger partial charge in [0.25, 0.3) is 15.9 Å². The molecular weight excluding hydrogens is 420 g/mol. The Bertz CT molecular complexity index is 841. The predicted octanol–water partition coefficient (Wildman–Crippen LogP) is 0.806. The molecule has 1 aliphatic rings. The number of carbonyl (C=O) groups excluding carboxylic acids is 2. The molecule has 1 fully saturated rings. The van der Waals surface area contributed by atoms with Gasteiger partial charge in [-0.1, -0.05) is 23.0 Å². The van der Waals surface area contributed by atoms with Crippen LogP contribution in [0.5, 0.6) is 0 Å². The Hall–Kier alpha value is -1.72. The number of nitrogens with zero attached hydrogens (tertiary/aromatic N) is 3. The van der Waals surface area contributed by atoms with E-state index in [9.17, 15) is 18.0 Å². The van der Waals surface area contributed by atoms with E-state index in [0.717, 1.165) is 6.42 Å². The minimum atomic E-state index is -3.98. The Morgan fingerprint density at radius 2 is 1.90 bits per heavy atom. The van der Waals surface area contributed by atoms with E-state index in [1.807, 2.05) is 11.8 Å². The maximum absolute atomic E-state index is 12.8. The van der Waals surface area contributed by atoms with Crippen molar-refractivity contribution in [3.8, 4) is 0 Å². The van der Waals surface area contributed by atoms with E-state index in [1.54, 1.807) is 4.90 Å². The summed E-state index contributed by atoms with van der Waals surface area (Å²) in [5.74, 6) is -0.310. The van der Waals surface area contributed by atoms with Crippen LogP contribution < -0.4 is 5.32 Å². The highest BCUT2D eigenvalue weighted by molar-refractivity contribution is 7.89. The summed E-state index contributed by atoms with van der Waals surface area (Å²) < 4.78 is 25.7. The molecule has 1 aliphatic heterocycles. The first-order valence-electron chi connectivity index (χ1n) is 9.31. The number of hydrogen-bond acceptors (Lipinski definition) is 6. The Morgan fingerprint density at radius 3 is 2.48 bits per heavy atom. The zero-order valence-electron chi connectivity index (χ0n) is 16.9. The Balaban J connectivity index is 2.05. The van der Waals surface area contributed by atoms with Gasteiger partial charge in [0.1, 0.15) is 4.90 Å². The minimum Gasteiger partial charge on any atom is -0.355 e. The molecule has 2 amide bonds. The summed E-state index contributed by atoms with van der Waals surface area (Å²) in [6.07, 6.45) is 0.882. The topological polar surface area (TPSA) is 99.3 Å². The van der Waals surface area contributed by atoms with Crippen molar-refractivity contribution in [2.24, 2.45) is 0 Å². The second-order valence-corrected chi connectivity index (χ2v) is 8.97. The van der Waals surface area contributed by atoms with Crippen molar-refractivity contribution in [1.29, 1.82) is 0 Å². The van der Waals surface area contributed by atoms with Gasteiger partial charge in [-0.2, -0.15) is 0 Å². The Kier molecular flexibility index (Phi) is 8.41. The SMILES string of the molecule is CCCNC(=O)CN1CCN(C(=O)c2ccc(Cl)c(S(=O)(=O)N(C)OC)c2)CC1. The van der Waals surface area contributed by atoms with Crippen LogP contribution in [0.25, 0.3) is 0 Å². The number of nitrogens with one attached hydrogen (secondary N) is 1. The Labute approximate surface area is 176 Å². The van der Waals surface area contributed by atoms with Crippen molar-refractivity contribution in [3.63, 3.8) is 0 Å². The van der Waals surface area contributed by atoms with E-state index < -0.39 is 10.0 Å². The molecule has 0 atom stereocenters. The third-order valence-electron chi connectivity index (χ3n) is 4.65. The molecule has 1 heterocycles. The predicted molar refractivity (Wildman–Crippen MR) is 109 cm³/mol. The number of sulfonamides is 1. The summed E-state index contributed by atoms with van der Waals surface area (Å²) >= 11 is 6.05. The smallest absolute Gasteiger partial charge is 0.266 e. The zero-order valence-corrected chi connectivity index (χ0v) is 18.4. The lowest BCUT2D eigenvalue weighted by molar-refractivity contribution is -0.122. The molecular formula is C18H27ClN4O5S. The number of benzene rings is 1. The fraction of sp³-hybridized carbons (Fsp3) is 0.556. The van der Waals surface area contributed by atoms with Crippen molar-refractivity contribution in [2.45, 2.75) is 18.2 Å². The molecule has 9 nitrogen and oxygen atoms in total. The van der Waals surface area contributed by atoms with E-state index in [4.69, 9.17) is 16.4 Å². The highest BCUT2D eigenvalue weighted by Crippen LogP contribution is 2.26. The van der Waals surface area contributed by atoms with Gasteiger partial charge < -0.3 is 10.2 Å². The molecule has 1 aromatic carbocycles. The van der Waals surface area contributed by atoms with Gasteiger partial charge >= 0.3 is 0 Å². The lowest BCUT2D eigenvalue weighted by Crippen LogP contribution is -2.51. The molecule has 1 N–H and O–H groups in total. The molecule has 0 unspecified atom stereocenters. The summed E-state index contributed by atoms with van der Waals surface area (Å²) in [5.41, 5.74) is 0.228. The fourth-order valence-corrected chi connectivity index (χ4v) is 4.36. The maximum Gasteiger partial charge on any atom is 0.266 e. The van der Waals surface area contributed by atoms with Crippen LogP contribution in [0, 0.1) is 0 Å². The molecule has 0 saturated carbocycles. The normalized spacial score (nSPS) is 15.6. The number of halogens is 1. The van der Waals surface area contributed by atoms with Crippen molar-refractivity contribution >= 4 is 33.4 Å². The second kappa shape index (κ2) is 10.4. The molecule has 162 valence electrons. The quantitative estimate of drug-likeness (QED) is 0.593. The standard InChI is InChI=1S/C18H27ClN4O5S/c1-4-7-20-17(24)13-22-8-10-23(11-9-22)18(25)14-5-6-15(19)16(12-14)29(26,27)21(2)28-3/h5-6,12H,4,7-11,13H2,1-3H3,(H,20,24). The van der Waals surface area contributed by atoms with E-state index >= 15 is 0 Å². The first kappa shape index (κ1) is 23.6. The van der Waals surface area contributed by atoms with Gasteiger partial charge in [-0.25, -0.2) is 8.42 Å². The molecule has 0 bridgehead atoms. The molecule has 11 heteroatoms. The van der Waals surface area contributed by atoms with Crippen LogP contribution >= 0.6 is 11.6 Å². The number of carbonyl (C=O) groups is 2. The average molecular weight is 447 g/mol. The van der Waals surface area contributed by atoms with Crippen molar-refractivity contribution in [3.05, 3.63) is 28.8 Å². The van der Waals surface area contributed by atoms with Gasteiger partial charge in [0.05, 0.1) is 18.7 Å². The van der Waals surface area contributed by atoms with Gasteiger partial charge in [0.15, 0.2) is 0 Å². The number of hydroxylamine groups is 1. The third kappa shape index (κ3) is 5.89. The Morgan fingerprint density at radius 1 is 1.24 bits per heavy atom. The molecule has 1 aromatic rings. The van der Waals surface area contributed by atoms with Crippen LogP contribution in [-0.4, -0.2) is 87.9 Å². The highest BCUT2D eigenvalue weighted by Gasteiger charge is 2.28. The number of hydrogen-bond donors (Lipinski definition) is 1. The van der Waals surface area contributed by atoms with Crippen LogP contribution in [0.1, 0.15) is 23.7 Å². The van der Waals surface area contributed by atoms with Crippen LogP contribution in [-0.2, 0) is 19.7 Å². The van der Waals surface area contributed by atoms with Gasteiger partial charge in [-0.3, -0.25) is 19.3 Å². The molecule has 0 aromatic heterocycles. The molecule has 29 heavy (non-hydrogen) atoms. The van der Waals surface area contributed by atoms with Crippen LogP contribution in [0.3, 0.4) is 0 Å².